The molecule has 0 N–H and O–H groups in total. The van der Waals surface area contributed by atoms with Crippen LogP contribution in [0.15, 0.2) is 79.1 Å². The summed E-state index contributed by atoms with van der Waals surface area (Å²) in [5.74, 6) is 1.34. The molecule has 120 valence electrons. The first kappa shape index (κ1) is 13.0. The minimum absolute atomic E-state index is 0.165. The second-order valence-corrected chi connectivity index (χ2v) is 7.32. The van der Waals surface area contributed by atoms with E-state index in [0.717, 1.165) is 6.54 Å². The van der Waals surface area contributed by atoms with E-state index in [1.807, 2.05) is 0 Å². The smallest absolute Gasteiger partial charge is 0.338 e. The van der Waals surface area contributed by atoms with Crippen LogP contribution in [-0.2, 0) is 6.54 Å². The number of hydrogen-bond acceptors (Lipinski definition) is 1. The third-order valence-electron chi connectivity index (χ3n) is 6.08. The number of hydrogen-bond donors (Lipinski definition) is 0. The van der Waals surface area contributed by atoms with Gasteiger partial charge in [-0.15, -0.1) is 0 Å². The summed E-state index contributed by atoms with van der Waals surface area (Å²) in [4.78, 5) is 2.53. The van der Waals surface area contributed by atoms with Crippen LogP contribution in [0.3, 0.4) is 0 Å². The molecule has 4 aromatic rings. The highest BCUT2D eigenvalue weighted by Gasteiger charge is 2.51. The van der Waals surface area contributed by atoms with Gasteiger partial charge in [-0.1, -0.05) is 54.6 Å². The molecule has 0 unspecified atom stereocenters. The van der Waals surface area contributed by atoms with E-state index in [4.69, 9.17) is 0 Å². The number of para-hydroxylation sites is 1. The fourth-order valence-corrected chi connectivity index (χ4v) is 5.09. The van der Waals surface area contributed by atoms with Gasteiger partial charge in [0, 0.05) is 28.0 Å². The van der Waals surface area contributed by atoms with Crippen LogP contribution in [-0.4, -0.2) is 11.5 Å². The van der Waals surface area contributed by atoms with Gasteiger partial charge in [0.05, 0.1) is 5.56 Å². The largest absolute Gasteiger partial charge is 0.542 e. The number of rotatable bonds is 0. The molecule has 0 aliphatic carbocycles. The molecule has 0 saturated heterocycles. The van der Waals surface area contributed by atoms with Gasteiger partial charge in [0.25, 0.3) is 5.82 Å². The quantitative estimate of drug-likeness (QED) is 0.397. The molecule has 0 atom stereocenters. The molecule has 3 aliphatic rings. The van der Waals surface area contributed by atoms with Gasteiger partial charge in [-0.25, -0.2) is 4.57 Å². The van der Waals surface area contributed by atoms with Gasteiger partial charge in [-0.2, -0.15) is 0 Å². The molecule has 26 heavy (non-hydrogen) atoms. The van der Waals surface area contributed by atoms with Crippen LogP contribution in [0.5, 0.6) is 0 Å². The molecule has 3 aromatic carbocycles. The average molecular weight is 332 g/mol. The predicted molar refractivity (Wildman–Crippen MR) is 104 cm³/mol. The van der Waals surface area contributed by atoms with E-state index in [0.29, 0.717) is 0 Å². The average Bonchev–Trinajstić information content (AvgIpc) is 3.27. The van der Waals surface area contributed by atoms with Crippen molar-refractivity contribution < 1.29 is 4.48 Å². The van der Waals surface area contributed by atoms with Crippen LogP contribution < -0.4 is 14.8 Å². The summed E-state index contributed by atoms with van der Waals surface area (Å²) in [5, 5.41) is 0. The fraction of sp³-hybridized carbons (Fsp3) is 0.0455. The molecule has 0 saturated carbocycles. The lowest BCUT2D eigenvalue weighted by atomic mass is 9.58. The summed E-state index contributed by atoms with van der Waals surface area (Å²) in [5.41, 5.74) is 9.46. The molecule has 4 heteroatoms. The van der Waals surface area contributed by atoms with Crippen molar-refractivity contribution in [3.8, 4) is 22.5 Å². The lowest BCUT2D eigenvalue weighted by Crippen LogP contribution is -2.70. The molecule has 0 bridgehead atoms. The number of anilines is 2. The van der Waals surface area contributed by atoms with Crippen molar-refractivity contribution in [3.05, 3.63) is 84.7 Å². The molecule has 7 rings (SSSR count). The first-order valence-electron chi connectivity index (χ1n) is 9.12. The SMILES string of the molecule is c1ccc2c(c1)B1N(c3ccccc3-2)c2cccc3c2-c2n(cc[n+]21)C3. The molecule has 0 amide bonds. The molecular formula is C22H15BN3+. The third kappa shape index (κ3) is 1.34. The molecular weight excluding hydrogens is 317 g/mol. The van der Waals surface area contributed by atoms with E-state index in [2.05, 4.69) is 93.0 Å². The van der Waals surface area contributed by atoms with E-state index >= 15 is 0 Å². The van der Waals surface area contributed by atoms with Crippen molar-refractivity contribution in [1.82, 2.24) is 4.57 Å². The van der Waals surface area contributed by atoms with Gasteiger partial charge >= 0.3 is 6.98 Å². The Morgan fingerprint density at radius 2 is 1.62 bits per heavy atom. The highest BCUT2D eigenvalue weighted by Crippen LogP contribution is 2.47. The van der Waals surface area contributed by atoms with E-state index in [1.54, 1.807) is 0 Å². The Hall–Kier alpha value is -3.27. The zero-order valence-electron chi connectivity index (χ0n) is 14.1. The maximum atomic E-state index is 2.53. The summed E-state index contributed by atoms with van der Waals surface area (Å²) in [7, 11) is 0. The van der Waals surface area contributed by atoms with Crippen molar-refractivity contribution in [2.45, 2.75) is 6.54 Å². The number of fused-ring (bicyclic) bond motifs is 8. The van der Waals surface area contributed by atoms with E-state index in [-0.39, 0.29) is 6.98 Å². The molecule has 0 spiro atoms. The van der Waals surface area contributed by atoms with Crippen molar-refractivity contribution in [2.24, 2.45) is 0 Å². The predicted octanol–water partition coefficient (Wildman–Crippen LogP) is 3.18. The van der Waals surface area contributed by atoms with Crippen LogP contribution in [0.2, 0.25) is 0 Å². The Balaban J connectivity index is 1.67. The minimum atomic E-state index is 0.165. The Morgan fingerprint density at radius 1 is 0.808 bits per heavy atom. The lowest BCUT2D eigenvalue weighted by molar-refractivity contribution is -0.523. The van der Waals surface area contributed by atoms with Crippen molar-refractivity contribution in [2.75, 3.05) is 4.81 Å². The highest BCUT2D eigenvalue weighted by molar-refractivity contribution is 6.74. The summed E-state index contributed by atoms with van der Waals surface area (Å²) in [6.07, 6.45) is 4.47. The van der Waals surface area contributed by atoms with Gasteiger partial charge in [0.2, 0.25) is 0 Å². The Morgan fingerprint density at radius 3 is 2.58 bits per heavy atom. The van der Waals surface area contributed by atoms with Gasteiger partial charge in [-0.05, 0) is 17.7 Å². The van der Waals surface area contributed by atoms with Crippen LogP contribution in [0.25, 0.3) is 22.5 Å². The van der Waals surface area contributed by atoms with Crippen molar-refractivity contribution in [1.29, 1.82) is 0 Å². The van der Waals surface area contributed by atoms with Crippen LogP contribution in [0, 0.1) is 0 Å². The van der Waals surface area contributed by atoms with Gasteiger partial charge in [-0.3, -0.25) is 4.48 Å². The number of benzene rings is 3. The van der Waals surface area contributed by atoms with Gasteiger partial charge in [0.15, 0.2) is 0 Å². The van der Waals surface area contributed by atoms with E-state index in [9.17, 15) is 0 Å². The van der Waals surface area contributed by atoms with Gasteiger partial charge < -0.3 is 4.81 Å². The van der Waals surface area contributed by atoms with Crippen molar-refractivity contribution >= 4 is 23.8 Å². The summed E-state index contributed by atoms with van der Waals surface area (Å²) >= 11 is 0. The number of imidazole rings is 1. The summed E-state index contributed by atoms with van der Waals surface area (Å²) < 4.78 is 4.84. The fourth-order valence-electron chi connectivity index (χ4n) is 5.09. The molecule has 3 aliphatic heterocycles. The van der Waals surface area contributed by atoms with Crippen LogP contribution in [0.1, 0.15) is 5.56 Å². The highest BCUT2D eigenvalue weighted by atomic mass is 15.3. The standard InChI is InChI=1S/C22H15BN3/c1-3-9-18-16(7-1)17-8-2-4-10-19(17)26-20-11-5-6-15-14-24-12-13-25(23(18)26)22(24)21(15)20/h1-13H,14H2/q+1. The first-order valence-corrected chi connectivity index (χ1v) is 9.12. The summed E-state index contributed by atoms with van der Waals surface area (Å²) in [6, 6.07) is 24.4. The van der Waals surface area contributed by atoms with Crippen LogP contribution >= 0.6 is 0 Å². The lowest BCUT2D eigenvalue weighted by Gasteiger charge is -2.38. The third-order valence-corrected chi connectivity index (χ3v) is 6.08. The number of nitrogens with zero attached hydrogens (tertiary/aromatic N) is 3. The van der Waals surface area contributed by atoms with Crippen molar-refractivity contribution in [3.63, 3.8) is 0 Å². The maximum Gasteiger partial charge on any atom is 0.542 e. The van der Waals surface area contributed by atoms with E-state index in [1.165, 1.54) is 44.9 Å². The Labute approximate surface area is 151 Å². The Bertz CT molecular complexity index is 1240. The maximum absolute atomic E-state index is 2.53. The zero-order valence-corrected chi connectivity index (χ0v) is 14.1. The Kier molecular flexibility index (Phi) is 2.14. The topological polar surface area (TPSA) is 12.1 Å². The molecule has 3 nitrogen and oxygen atoms in total. The molecule has 1 aromatic heterocycles. The molecule has 0 fully saturated rings. The normalized spacial score (nSPS) is 14.6. The van der Waals surface area contributed by atoms with Crippen LogP contribution in [0.4, 0.5) is 11.4 Å². The summed E-state index contributed by atoms with van der Waals surface area (Å²) in [6.45, 7) is 1.13. The molecule has 4 heterocycles. The van der Waals surface area contributed by atoms with E-state index < -0.39 is 0 Å². The number of aromatic nitrogens is 2. The van der Waals surface area contributed by atoms with Gasteiger partial charge in [0.1, 0.15) is 18.9 Å². The molecule has 0 radical (unpaired) electrons. The minimum Gasteiger partial charge on any atom is -0.338 e. The second kappa shape index (κ2) is 4.28. The second-order valence-electron chi connectivity index (χ2n) is 7.32. The first-order chi connectivity index (χ1) is 12.9. The zero-order chi connectivity index (χ0) is 16.8. The monoisotopic (exact) mass is 332 g/mol.